The maximum atomic E-state index is 5.59. The van der Waals surface area contributed by atoms with Gasteiger partial charge in [-0.05, 0) is 19.5 Å². The Morgan fingerprint density at radius 1 is 1.67 bits per heavy atom. The van der Waals surface area contributed by atoms with Gasteiger partial charge in [0.1, 0.15) is 11.8 Å². The summed E-state index contributed by atoms with van der Waals surface area (Å²) in [5.41, 5.74) is 1.08. The number of aryl methyl sites for hydroxylation is 1. The van der Waals surface area contributed by atoms with Crippen LogP contribution in [0.15, 0.2) is 17.2 Å². The molecule has 4 heteroatoms. The first-order valence-corrected chi connectivity index (χ1v) is 6.17. The van der Waals surface area contributed by atoms with Crippen molar-refractivity contribution in [3.05, 3.63) is 27.9 Å². The average molecular weight is 224 g/mol. The first-order chi connectivity index (χ1) is 7.31. The molecule has 0 fully saturated rings. The number of nitrogens with zero attached hydrogens (tertiary/aromatic N) is 1. The van der Waals surface area contributed by atoms with Crippen LogP contribution < -0.4 is 5.32 Å². The first kappa shape index (κ1) is 10.6. The SMILES string of the molecule is CCNC(C1=CCCO1)c1csc(C)n1. The van der Waals surface area contributed by atoms with E-state index < -0.39 is 0 Å². The van der Waals surface area contributed by atoms with Crippen LogP contribution in [0.4, 0.5) is 0 Å². The maximum absolute atomic E-state index is 5.59. The van der Waals surface area contributed by atoms with Crippen LogP contribution in [0.1, 0.15) is 30.1 Å². The zero-order valence-electron chi connectivity index (χ0n) is 9.12. The molecule has 1 atom stereocenters. The molecule has 0 aromatic carbocycles. The lowest BCUT2D eigenvalue weighted by molar-refractivity contribution is 0.215. The van der Waals surface area contributed by atoms with Crippen LogP contribution in [0.5, 0.6) is 0 Å². The van der Waals surface area contributed by atoms with Gasteiger partial charge >= 0.3 is 0 Å². The Hall–Kier alpha value is -0.870. The van der Waals surface area contributed by atoms with Crippen LogP contribution >= 0.6 is 11.3 Å². The van der Waals surface area contributed by atoms with Crippen molar-refractivity contribution in [2.45, 2.75) is 26.3 Å². The van der Waals surface area contributed by atoms with E-state index in [2.05, 4.69) is 28.7 Å². The van der Waals surface area contributed by atoms with E-state index in [1.54, 1.807) is 11.3 Å². The molecule has 82 valence electrons. The van der Waals surface area contributed by atoms with E-state index in [9.17, 15) is 0 Å². The van der Waals surface area contributed by atoms with E-state index in [1.165, 1.54) is 0 Å². The number of thiazole rings is 1. The Balaban J connectivity index is 2.18. The summed E-state index contributed by atoms with van der Waals surface area (Å²) >= 11 is 1.68. The molecule has 2 rings (SSSR count). The van der Waals surface area contributed by atoms with Gasteiger partial charge in [0.2, 0.25) is 0 Å². The fourth-order valence-corrected chi connectivity index (χ4v) is 2.34. The van der Waals surface area contributed by atoms with Crippen LogP contribution in [-0.2, 0) is 4.74 Å². The molecule has 3 nitrogen and oxygen atoms in total. The molecule has 15 heavy (non-hydrogen) atoms. The fraction of sp³-hybridized carbons (Fsp3) is 0.545. The standard InChI is InChI=1S/C11H16N2OS/c1-3-12-11(10-5-4-6-14-10)9-7-15-8(2)13-9/h5,7,11-12H,3-4,6H2,1-2H3. The maximum Gasteiger partial charge on any atom is 0.115 e. The summed E-state index contributed by atoms with van der Waals surface area (Å²) in [6, 6.07) is 0.141. The van der Waals surface area contributed by atoms with Crippen molar-refractivity contribution in [3.8, 4) is 0 Å². The molecule has 1 aliphatic rings. The third-order valence-electron chi connectivity index (χ3n) is 2.36. The topological polar surface area (TPSA) is 34.1 Å². The number of ether oxygens (including phenoxy) is 1. The number of hydrogen-bond donors (Lipinski definition) is 1. The first-order valence-electron chi connectivity index (χ1n) is 5.29. The Morgan fingerprint density at radius 3 is 3.07 bits per heavy atom. The summed E-state index contributed by atoms with van der Waals surface area (Å²) < 4.78 is 5.59. The fourth-order valence-electron chi connectivity index (χ4n) is 1.71. The molecular formula is C11H16N2OS. The number of aromatic nitrogens is 1. The largest absolute Gasteiger partial charge is 0.496 e. The van der Waals surface area contributed by atoms with Gasteiger partial charge in [-0.2, -0.15) is 0 Å². The summed E-state index contributed by atoms with van der Waals surface area (Å²) in [4.78, 5) is 4.51. The van der Waals surface area contributed by atoms with Gasteiger partial charge in [-0.15, -0.1) is 11.3 Å². The number of nitrogens with one attached hydrogen (secondary N) is 1. The Bertz CT molecular complexity index is 359. The highest BCUT2D eigenvalue weighted by molar-refractivity contribution is 7.09. The minimum atomic E-state index is 0.141. The number of hydrogen-bond acceptors (Lipinski definition) is 4. The van der Waals surface area contributed by atoms with Gasteiger partial charge in [0.25, 0.3) is 0 Å². The average Bonchev–Trinajstić information content (AvgIpc) is 2.85. The minimum absolute atomic E-state index is 0.141. The van der Waals surface area contributed by atoms with Crippen molar-refractivity contribution in [1.82, 2.24) is 10.3 Å². The molecule has 0 amide bonds. The van der Waals surface area contributed by atoms with Crippen LogP contribution in [-0.4, -0.2) is 18.1 Å². The zero-order valence-corrected chi connectivity index (χ0v) is 9.93. The smallest absolute Gasteiger partial charge is 0.115 e. The van der Waals surface area contributed by atoms with Crippen molar-refractivity contribution in [3.63, 3.8) is 0 Å². The van der Waals surface area contributed by atoms with E-state index in [4.69, 9.17) is 4.74 Å². The predicted octanol–water partition coefficient (Wildman–Crippen LogP) is 2.41. The second-order valence-corrected chi connectivity index (χ2v) is 4.59. The monoisotopic (exact) mass is 224 g/mol. The van der Waals surface area contributed by atoms with Crippen molar-refractivity contribution in [2.75, 3.05) is 13.2 Å². The lowest BCUT2D eigenvalue weighted by Gasteiger charge is -2.16. The molecule has 1 N–H and O–H groups in total. The normalized spacial score (nSPS) is 17.3. The highest BCUT2D eigenvalue weighted by Gasteiger charge is 2.21. The molecule has 0 bridgehead atoms. The Kier molecular flexibility index (Phi) is 3.38. The minimum Gasteiger partial charge on any atom is -0.496 e. The highest BCUT2D eigenvalue weighted by Crippen LogP contribution is 2.27. The summed E-state index contributed by atoms with van der Waals surface area (Å²) in [5, 5.41) is 6.61. The van der Waals surface area contributed by atoms with Gasteiger partial charge in [-0.1, -0.05) is 6.92 Å². The van der Waals surface area contributed by atoms with Crippen molar-refractivity contribution < 1.29 is 4.74 Å². The summed E-state index contributed by atoms with van der Waals surface area (Å²) in [6.07, 6.45) is 3.17. The quantitative estimate of drug-likeness (QED) is 0.852. The molecule has 1 aromatic heterocycles. The van der Waals surface area contributed by atoms with Gasteiger partial charge in [-0.3, -0.25) is 0 Å². The van der Waals surface area contributed by atoms with E-state index in [-0.39, 0.29) is 6.04 Å². The van der Waals surface area contributed by atoms with E-state index in [0.717, 1.165) is 36.0 Å². The van der Waals surface area contributed by atoms with Crippen LogP contribution in [0.2, 0.25) is 0 Å². The van der Waals surface area contributed by atoms with E-state index in [0.29, 0.717) is 0 Å². The van der Waals surface area contributed by atoms with Gasteiger partial charge in [0, 0.05) is 11.8 Å². The van der Waals surface area contributed by atoms with Gasteiger partial charge < -0.3 is 10.1 Å². The summed E-state index contributed by atoms with van der Waals surface area (Å²) in [6.45, 7) is 5.85. The molecule has 1 unspecified atom stereocenters. The molecule has 0 saturated heterocycles. The van der Waals surface area contributed by atoms with Crippen LogP contribution in [0, 0.1) is 6.92 Å². The third kappa shape index (κ3) is 2.38. The third-order valence-corrected chi connectivity index (χ3v) is 3.15. The molecule has 0 aliphatic carbocycles. The molecule has 1 aromatic rings. The Labute approximate surface area is 94.2 Å². The number of likely N-dealkylation sites (N-methyl/N-ethyl adjacent to an activating group) is 1. The van der Waals surface area contributed by atoms with E-state index >= 15 is 0 Å². The second-order valence-electron chi connectivity index (χ2n) is 3.53. The molecule has 2 heterocycles. The predicted molar refractivity (Wildman–Crippen MR) is 61.9 cm³/mol. The van der Waals surface area contributed by atoms with Crippen molar-refractivity contribution >= 4 is 11.3 Å². The number of rotatable bonds is 4. The Morgan fingerprint density at radius 2 is 2.53 bits per heavy atom. The van der Waals surface area contributed by atoms with Gasteiger partial charge in [0.15, 0.2) is 0 Å². The molecule has 0 saturated carbocycles. The van der Waals surface area contributed by atoms with E-state index in [1.807, 2.05) is 6.92 Å². The summed E-state index contributed by atoms with van der Waals surface area (Å²) in [7, 11) is 0. The second kappa shape index (κ2) is 4.77. The van der Waals surface area contributed by atoms with Crippen molar-refractivity contribution in [1.29, 1.82) is 0 Å². The van der Waals surface area contributed by atoms with Crippen LogP contribution in [0.25, 0.3) is 0 Å². The lowest BCUT2D eigenvalue weighted by atomic mass is 10.2. The summed E-state index contributed by atoms with van der Waals surface area (Å²) in [5.74, 6) is 1.03. The molecule has 1 aliphatic heterocycles. The van der Waals surface area contributed by atoms with Gasteiger partial charge in [-0.25, -0.2) is 4.98 Å². The molecular weight excluding hydrogens is 208 g/mol. The highest BCUT2D eigenvalue weighted by atomic mass is 32.1. The zero-order chi connectivity index (χ0) is 10.7. The molecule has 0 spiro atoms. The van der Waals surface area contributed by atoms with Crippen molar-refractivity contribution in [2.24, 2.45) is 0 Å². The lowest BCUT2D eigenvalue weighted by Crippen LogP contribution is -2.23. The van der Waals surface area contributed by atoms with Gasteiger partial charge in [0.05, 0.1) is 17.3 Å². The molecule has 0 radical (unpaired) electrons. The van der Waals surface area contributed by atoms with Crippen LogP contribution in [0.3, 0.4) is 0 Å².